The average Bonchev–Trinajstić information content (AvgIpc) is 2.43. The number of hydrogen-bond donors (Lipinski definition) is 2. The molecule has 2 rings (SSSR count). The minimum absolute atomic E-state index is 0.0285. The molecule has 0 aromatic heterocycles. The van der Waals surface area contributed by atoms with Crippen LogP contribution in [0.15, 0.2) is 42.5 Å². The molecule has 0 saturated carbocycles. The monoisotopic (exact) mass is 302 g/mol. The number of rotatable bonds is 4. The molecule has 2 aromatic carbocycles. The number of anilines is 2. The highest BCUT2D eigenvalue weighted by molar-refractivity contribution is 6.31. The van der Waals surface area contributed by atoms with E-state index in [4.69, 9.17) is 17.3 Å². The summed E-state index contributed by atoms with van der Waals surface area (Å²) in [5, 5.41) is 3.53. The second-order valence-electron chi connectivity index (χ2n) is 5.28. The first-order valence-corrected chi connectivity index (χ1v) is 7.25. The molecule has 0 bridgehead atoms. The van der Waals surface area contributed by atoms with Gasteiger partial charge in [0.15, 0.2) is 0 Å². The van der Waals surface area contributed by atoms with Crippen molar-refractivity contribution in [1.29, 1.82) is 0 Å². The fourth-order valence-corrected chi connectivity index (χ4v) is 2.28. The predicted octanol–water partition coefficient (Wildman–Crippen LogP) is 4.36. The molecule has 1 atom stereocenters. The van der Waals surface area contributed by atoms with E-state index in [1.165, 1.54) is 0 Å². The molecule has 21 heavy (non-hydrogen) atoms. The van der Waals surface area contributed by atoms with E-state index < -0.39 is 0 Å². The van der Waals surface area contributed by atoms with Crippen LogP contribution in [0, 0.1) is 6.92 Å². The molecule has 0 fully saturated rings. The van der Waals surface area contributed by atoms with E-state index in [-0.39, 0.29) is 11.8 Å². The Morgan fingerprint density at radius 1 is 1.24 bits per heavy atom. The maximum atomic E-state index is 12.1. The third kappa shape index (κ3) is 4.23. The molecule has 0 aliphatic carbocycles. The van der Waals surface area contributed by atoms with Gasteiger partial charge in [-0.1, -0.05) is 36.7 Å². The maximum Gasteiger partial charge on any atom is 0.224 e. The van der Waals surface area contributed by atoms with Crippen molar-refractivity contribution in [3.05, 3.63) is 58.6 Å². The molecule has 0 spiro atoms. The molecule has 110 valence electrons. The SMILES string of the molecule is Cc1ccc(NC(=O)CC(C)c2ccc(N)cc2)cc1Cl. The van der Waals surface area contributed by atoms with Gasteiger partial charge in [-0.3, -0.25) is 4.79 Å². The van der Waals surface area contributed by atoms with Crippen LogP contribution in [-0.2, 0) is 4.79 Å². The van der Waals surface area contributed by atoms with Crippen LogP contribution in [0.3, 0.4) is 0 Å². The minimum atomic E-state index is -0.0285. The summed E-state index contributed by atoms with van der Waals surface area (Å²) in [6.45, 7) is 3.95. The van der Waals surface area contributed by atoms with Crippen molar-refractivity contribution < 1.29 is 4.79 Å². The van der Waals surface area contributed by atoms with Crippen molar-refractivity contribution in [3.8, 4) is 0 Å². The summed E-state index contributed by atoms with van der Waals surface area (Å²) in [4.78, 5) is 12.1. The van der Waals surface area contributed by atoms with Crippen LogP contribution in [-0.4, -0.2) is 5.91 Å². The Hall–Kier alpha value is -2.00. The number of carbonyl (C=O) groups excluding carboxylic acids is 1. The highest BCUT2D eigenvalue weighted by Crippen LogP contribution is 2.23. The Kier molecular flexibility index (Phi) is 4.86. The zero-order chi connectivity index (χ0) is 15.4. The molecular weight excluding hydrogens is 284 g/mol. The summed E-state index contributed by atoms with van der Waals surface area (Å²) in [5.41, 5.74) is 9.20. The van der Waals surface area contributed by atoms with Crippen LogP contribution in [0.2, 0.25) is 5.02 Å². The summed E-state index contributed by atoms with van der Waals surface area (Å²) >= 11 is 6.05. The Morgan fingerprint density at radius 2 is 1.90 bits per heavy atom. The van der Waals surface area contributed by atoms with Gasteiger partial charge >= 0.3 is 0 Å². The van der Waals surface area contributed by atoms with E-state index in [1.54, 1.807) is 6.07 Å². The molecule has 3 N–H and O–H groups in total. The van der Waals surface area contributed by atoms with Crippen LogP contribution in [0.4, 0.5) is 11.4 Å². The summed E-state index contributed by atoms with van der Waals surface area (Å²) < 4.78 is 0. The minimum Gasteiger partial charge on any atom is -0.399 e. The second-order valence-corrected chi connectivity index (χ2v) is 5.69. The van der Waals surface area contributed by atoms with Gasteiger partial charge in [-0.05, 0) is 48.2 Å². The standard InChI is InChI=1S/C17H19ClN2O/c1-11-3-8-15(10-16(11)18)20-17(21)9-12(2)13-4-6-14(19)7-5-13/h3-8,10,12H,9,19H2,1-2H3,(H,20,21). The van der Waals surface area contributed by atoms with Gasteiger partial charge in [0.25, 0.3) is 0 Å². The molecule has 0 aliphatic heterocycles. The van der Waals surface area contributed by atoms with Crippen molar-refractivity contribution in [1.82, 2.24) is 0 Å². The van der Waals surface area contributed by atoms with Gasteiger partial charge in [-0.15, -0.1) is 0 Å². The lowest BCUT2D eigenvalue weighted by Crippen LogP contribution is -2.14. The number of hydrogen-bond acceptors (Lipinski definition) is 2. The lowest BCUT2D eigenvalue weighted by atomic mass is 9.97. The topological polar surface area (TPSA) is 55.1 Å². The number of nitrogen functional groups attached to an aromatic ring is 1. The van der Waals surface area contributed by atoms with Crippen LogP contribution >= 0.6 is 11.6 Å². The normalized spacial score (nSPS) is 12.0. The van der Waals surface area contributed by atoms with Gasteiger partial charge in [-0.25, -0.2) is 0 Å². The van der Waals surface area contributed by atoms with Crippen molar-refractivity contribution >= 4 is 28.9 Å². The fraction of sp³-hybridized carbons (Fsp3) is 0.235. The molecule has 0 radical (unpaired) electrons. The lowest BCUT2D eigenvalue weighted by Gasteiger charge is -2.13. The third-order valence-corrected chi connectivity index (χ3v) is 3.86. The highest BCUT2D eigenvalue weighted by Gasteiger charge is 2.11. The lowest BCUT2D eigenvalue weighted by molar-refractivity contribution is -0.116. The smallest absolute Gasteiger partial charge is 0.224 e. The molecule has 0 aliphatic rings. The van der Waals surface area contributed by atoms with Crippen LogP contribution < -0.4 is 11.1 Å². The van der Waals surface area contributed by atoms with E-state index in [1.807, 2.05) is 50.2 Å². The Balaban J connectivity index is 1.97. The maximum absolute atomic E-state index is 12.1. The largest absolute Gasteiger partial charge is 0.399 e. The van der Waals surface area contributed by atoms with E-state index >= 15 is 0 Å². The van der Waals surface area contributed by atoms with Crippen molar-refractivity contribution in [2.75, 3.05) is 11.1 Å². The number of aryl methyl sites for hydroxylation is 1. The van der Waals surface area contributed by atoms with Crippen molar-refractivity contribution in [2.45, 2.75) is 26.2 Å². The number of benzene rings is 2. The zero-order valence-electron chi connectivity index (χ0n) is 12.2. The first-order chi connectivity index (χ1) is 9.95. The molecule has 4 heteroatoms. The summed E-state index contributed by atoms with van der Waals surface area (Å²) in [6.07, 6.45) is 0.412. The van der Waals surface area contributed by atoms with Gasteiger partial charge < -0.3 is 11.1 Å². The number of nitrogens with one attached hydrogen (secondary N) is 1. The van der Waals surface area contributed by atoms with Crippen LogP contribution in [0.1, 0.15) is 30.4 Å². The van der Waals surface area contributed by atoms with E-state index in [9.17, 15) is 4.79 Å². The Bertz CT molecular complexity index is 638. The van der Waals surface area contributed by atoms with Crippen molar-refractivity contribution in [3.63, 3.8) is 0 Å². The highest BCUT2D eigenvalue weighted by atomic mass is 35.5. The molecule has 3 nitrogen and oxygen atoms in total. The first-order valence-electron chi connectivity index (χ1n) is 6.87. The number of amides is 1. The third-order valence-electron chi connectivity index (χ3n) is 3.45. The van der Waals surface area contributed by atoms with Gasteiger partial charge in [0, 0.05) is 22.8 Å². The summed E-state index contributed by atoms with van der Waals surface area (Å²) in [7, 11) is 0. The first kappa shape index (κ1) is 15.4. The van der Waals surface area contributed by atoms with Crippen LogP contribution in [0.25, 0.3) is 0 Å². The van der Waals surface area contributed by atoms with E-state index in [0.29, 0.717) is 11.4 Å². The average molecular weight is 303 g/mol. The van der Waals surface area contributed by atoms with Crippen LogP contribution in [0.5, 0.6) is 0 Å². The molecule has 0 heterocycles. The van der Waals surface area contributed by atoms with Gasteiger partial charge in [0.05, 0.1) is 0 Å². The zero-order valence-corrected chi connectivity index (χ0v) is 12.9. The van der Waals surface area contributed by atoms with Gasteiger partial charge in [-0.2, -0.15) is 0 Å². The Morgan fingerprint density at radius 3 is 2.52 bits per heavy atom. The van der Waals surface area contributed by atoms with E-state index in [2.05, 4.69) is 5.32 Å². The number of nitrogens with two attached hydrogens (primary N) is 1. The number of halogens is 1. The van der Waals surface area contributed by atoms with E-state index in [0.717, 1.165) is 22.5 Å². The summed E-state index contributed by atoms with van der Waals surface area (Å²) in [5.74, 6) is 0.103. The van der Waals surface area contributed by atoms with Gasteiger partial charge in [0.1, 0.15) is 0 Å². The predicted molar refractivity (Wildman–Crippen MR) is 88.7 cm³/mol. The quantitative estimate of drug-likeness (QED) is 0.824. The number of carbonyl (C=O) groups is 1. The molecular formula is C17H19ClN2O. The molecule has 2 aromatic rings. The molecule has 0 saturated heterocycles. The summed E-state index contributed by atoms with van der Waals surface area (Å²) in [6, 6.07) is 13.1. The van der Waals surface area contributed by atoms with Crippen molar-refractivity contribution in [2.24, 2.45) is 0 Å². The fourth-order valence-electron chi connectivity index (χ4n) is 2.10. The molecule has 1 amide bonds. The van der Waals surface area contributed by atoms with Gasteiger partial charge in [0.2, 0.25) is 5.91 Å². The molecule has 1 unspecified atom stereocenters. The second kappa shape index (κ2) is 6.64. The Labute approximate surface area is 130 Å².